The van der Waals surface area contributed by atoms with Crippen molar-refractivity contribution in [3.8, 4) is 0 Å². The minimum atomic E-state index is -5.08. The largest absolute Gasteiger partial charge is 0.490 e. The highest BCUT2D eigenvalue weighted by molar-refractivity contribution is 6.62. The number of benzene rings is 1. The van der Waals surface area contributed by atoms with Crippen LogP contribution in [0.1, 0.15) is 12.0 Å². The minimum absolute atomic E-state index is 0.0783. The standard InChI is InChI=1S/C16H17N3O3.C2HF3O2/c1-2-10-22-16(21)15(19-18)14(20)11-13(17)9-8-12-6-4-3-5-7-12;3-2(4,5)1(6)7/h2-9,13H,1,10-11,17H2;(H,6,7)/b9-8+;/t13-;/m0./s1. The summed E-state index contributed by atoms with van der Waals surface area (Å²) in [4.78, 5) is 35.0. The van der Waals surface area contributed by atoms with E-state index in [-0.39, 0.29) is 13.0 Å². The van der Waals surface area contributed by atoms with Gasteiger partial charge in [0, 0.05) is 12.5 Å². The van der Waals surface area contributed by atoms with E-state index in [9.17, 15) is 22.8 Å². The predicted octanol–water partition coefficient (Wildman–Crippen LogP) is 2.02. The van der Waals surface area contributed by atoms with Crippen LogP contribution >= 0.6 is 0 Å². The first-order valence-electron chi connectivity index (χ1n) is 7.85. The van der Waals surface area contributed by atoms with Crippen molar-refractivity contribution < 1.29 is 42.2 Å². The Morgan fingerprint density at radius 3 is 2.28 bits per heavy atom. The van der Waals surface area contributed by atoms with Crippen molar-refractivity contribution in [3.63, 3.8) is 0 Å². The number of alkyl halides is 3. The van der Waals surface area contributed by atoms with Crippen molar-refractivity contribution in [2.75, 3.05) is 6.61 Å². The lowest BCUT2D eigenvalue weighted by atomic mass is 10.1. The molecule has 0 saturated heterocycles. The Hall–Kier alpha value is -3.56. The van der Waals surface area contributed by atoms with Gasteiger partial charge >= 0.3 is 23.8 Å². The minimum Gasteiger partial charge on any atom is -0.475 e. The Morgan fingerprint density at radius 2 is 1.83 bits per heavy atom. The average Bonchev–Trinajstić information content (AvgIpc) is 2.65. The highest BCUT2D eigenvalue weighted by atomic mass is 19.4. The van der Waals surface area contributed by atoms with E-state index in [0.717, 1.165) is 5.56 Å². The van der Waals surface area contributed by atoms with Crippen molar-refractivity contribution in [3.05, 3.63) is 60.2 Å². The zero-order chi connectivity index (χ0) is 22.4. The molecule has 11 heteroatoms. The summed E-state index contributed by atoms with van der Waals surface area (Å²) in [5.41, 5.74) is 14.8. The molecule has 3 N–H and O–H groups in total. The van der Waals surface area contributed by atoms with Crippen LogP contribution in [0.5, 0.6) is 0 Å². The zero-order valence-corrected chi connectivity index (χ0v) is 15.0. The van der Waals surface area contributed by atoms with Crippen LogP contribution < -0.4 is 5.73 Å². The monoisotopic (exact) mass is 413 g/mol. The SMILES string of the molecule is C=CCOC(=O)C(=[N+]=[N-])C(=O)C[C@@H](N)/C=C/c1ccccc1.O=C(O)C(F)(F)F. The molecule has 1 rings (SSSR count). The van der Waals surface area contributed by atoms with Gasteiger partial charge in [-0.15, -0.1) is 0 Å². The third-order valence-corrected chi connectivity index (χ3v) is 2.89. The maximum atomic E-state index is 11.9. The zero-order valence-electron chi connectivity index (χ0n) is 15.0. The normalized spacial score (nSPS) is 11.4. The molecule has 0 heterocycles. The van der Waals surface area contributed by atoms with Gasteiger partial charge in [-0.3, -0.25) is 4.79 Å². The van der Waals surface area contributed by atoms with E-state index in [1.165, 1.54) is 6.08 Å². The topological polar surface area (TPSA) is 143 Å². The van der Waals surface area contributed by atoms with Crippen LogP contribution in [0, 0.1) is 0 Å². The molecule has 0 aromatic heterocycles. The van der Waals surface area contributed by atoms with Crippen LogP contribution in [0.3, 0.4) is 0 Å². The van der Waals surface area contributed by atoms with Gasteiger partial charge in [0.1, 0.15) is 6.61 Å². The number of hydrogen-bond donors (Lipinski definition) is 2. The Kier molecular flexibility index (Phi) is 11.2. The van der Waals surface area contributed by atoms with Gasteiger partial charge in [-0.25, -0.2) is 9.59 Å². The number of hydrogen-bond acceptors (Lipinski definition) is 5. The molecule has 0 bridgehead atoms. The van der Waals surface area contributed by atoms with E-state index in [0.29, 0.717) is 0 Å². The number of carboxylic acids is 1. The van der Waals surface area contributed by atoms with Crippen molar-refractivity contribution in [1.29, 1.82) is 0 Å². The van der Waals surface area contributed by atoms with E-state index in [2.05, 4.69) is 16.1 Å². The number of carboxylic acid groups (broad SMARTS) is 1. The molecule has 0 spiro atoms. The number of ketones is 1. The summed E-state index contributed by atoms with van der Waals surface area (Å²) in [5.74, 6) is -4.46. The van der Waals surface area contributed by atoms with Crippen LogP contribution in [0.2, 0.25) is 0 Å². The van der Waals surface area contributed by atoms with Crippen molar-refractivity contribution in [1.82, 2.24) is 0 Å². The lowest BCUT2D eigenvalue weighted by molar-refractivity contribution is -0.192. The number of Topliss-reactive ketones (excluding diaryl/α,β-unsaturated/α-hetero) is 1. The molecule has 0 amide bonds. The Morgan fingerprint density at radius 1 is 1.28 bits per heavy atom. The number of nitrogens with zero attached hydrogens (tertiary/aromatic N) is 2. The summed E-state index contributed by atoms with van der Waals surface area (Å²) >= 11 is 0. The number of aliphatic carboxylic acids is 1. The van der Waals surface area contributed by atoms with Gasteiger partial charge in [0.2, 0.25) is 0 Å². The van der Waals surface area contributed by atoms with Crippen LogP contribution in [-0.4, -0.2) is 52.2 Å². The first-order valence-corrected chi connectivity index (χ1v) is 7.85. The maximum absolute atomic E-state index is 11.9. The summed E-state index contributed by atoms with van der Waals surface area (Å²) in [6.07, 6.45) is -0.515. The summed E-state index contributed by atoms with van der Waals surface area (Å²) in [6, 6.07) is 8.80. The van der Waals surface area contributed by atoms with E-state index in [1.54, 1.807) is 12.2 Å². The van der Waals surface area contributed by atoms with Gasteiger partial charge in [-0.2, -0.15) is 18.0 Å². The number of esters is 1. The number of nitrogens with two attached hydrogens (primary N) is 1. The molecular weight excluding hydrogens is 395 g/mol. The second-order valence-electron chi connectivity index (χ2n) is 5.20. The smallest absolute Gasteiger partial charge is 0.475 e. The van der Waals surface area contributed by atoms with Gasteiger partial charge in [0.25, 0.3) is 5.78 Å². The van der Waals surface area contributed by atoms with E-state index < -0.39 is 35.7 Å². The quantitative estimate of drug-likeness (QED) is 0.167. The highest BCUT2D eigenvalue weighted by Gasteiger charge is 2.38. The highest BCUT2D eigenvalue weighted by Crippen LogP contribution is 2.13. The molecule has 1 atom stereocenters. The second-order valence-corrected chi connectivity index (χ2v) is 5.20. The predicted molar refractivity (Wildman–Crippen MR) is 96.5 cm³/mol. The van der Waals surface area contributed by atoms with E-state index in [4.69, 9.17) is 21.2 Å². The van der Waals surface area contributed by atoms with E-state index in [1.807, 2.05) is 30.3 Å². The number of halogens is 3. The molecule has 29 heavy (non-hydrogen) atoms. The number of carbonyl (C=O) groups is 3. The fourth-order valence-electron chi connectivity index (χ4n) is 1.59. The van der Waals surface area contributed by atoms with Crippen molar-refractivity contribution in [2.45, 2.75) is 18.6 Å². The molecule has 156 valence electrons. The van der Waals surface area contributed by atoms with Gasteiger partial charge in [-0.1, -0.05) is 55.1 Å². The Labute approximate surface area is 163 Å². The van der Waals surface area contributed by atoms with Crippen molar-refractivity contribution in [2.24, 2.45) is 5.73 Å². The third kappa shape index (κ3) is 11.0. The molecule has 0 aliphatic heterocycles. The molecule has 0 aliphatic rings. The second kappa shape index (κ2) is 12.8. The first kappa shape index (κ1) is 25.4. The lowest BCUT2D eigenvalue weighted by Crippen LogP contribution is -2.32. The van der Waals surface area contributed by atoms with Gasteiger partial charge < -0.3 is 21.1 Å². The fourth-order valence-corrected chi connectivity index (χ4v) is 1.59. The molecule has 8 nitrogen and oxygen atoms in total. The summed E-state index contributed by atoms with van der Waals surface area (Å²) in [7, 11) is 0. The number of ether oxygens (including phenoxy) is 1. The van der Waals surface area contributed by atoms with Gasteiger partial charge in [-0.05, 0) is 5.56 Å². The van der Waals surface area contributed by atoms with Crippen LogP contribution in [0.25, 0.3) is 11.6 Å². The molecule has 1 aromatic rings. The summed E-state index contributed by atoms with van der Waals surface area (Å²) < 4.78 is 36.4. The molecule has 0 saturated carbocycles. The van der Waals surface area contributed by atoms with Crippen LogP contribution in [-0.2, 0) is 19.1 Å². The summed E-state index contributed by atoms with van der Waals surface area (Å²) in [5, 5.41) is 7.12. The molecule has 0 radical (unpaired) electrons. The van der Waals surface area contributed by atoms with Crippen LogP contribution in [0.4, 0.5) is 13.2 Å². The molecule has 0 unspecified atom stereocenters. The van der Waals surface area contributed by atoms with Gasteiger partial charge in [0.15, 0.2) is 0 Å². The molecular formula is C18H18F3N3O5. The Balaban J connectivity index is 0.000000956. The van der Waals surface area contributed by atoms with Crippen molar-refractivity contribution >= 4 is 29.5 Å². The molecule has 0 fully saturated rings. The van der Waals surface area contributed by atoms with Gasteiger partial charge in [0.05, 0.1) is 0 Å². The maximum Gasteiger partial charge on any atom is 0.490 e. The molecule has 1 aromatic carbocycles. The summed E-state index contributed by atoms with van der Waals surface area (Å²) in [6.45, 7) is 3.29. The fraction of sp³-hybridized carbons (Fsp3) is 0.222. The average molecular weight is 413 g/mol. The number of carbonyl (C=O) groups excluding carboxylic acids is 2. The molecule has 0 aliphatic carbocycles. The number of rotatable bonds is 8. The Bertz CT molecular complexity index is 801. The first-order chi connectivity index (χ1) is 13.5. The third-order valence-electron chi connectivity index (χ3n) is 2.89. The lowest BCUT2D eigenvalue weighted by Gasteiger charge is -2.03. The van der Waals surface area contributed by atoms with E-state index >= 15 is 0 Å². The van der Waals surface area contributed by atoms with Crippen LogP contribution in [0.15, 0.2) is 49.1 Å².